The number of H-pyrrole nitrogens is 1. The minimum Gasteiger partial charge on any atom is -0.312 e. The fraction of sp³-hybridized carbons (Fsp3) is 0.0714. The van der Waals surface area contributed by atoms with E-state index >= 15 is 0 Å². The predicted molar refractivity (Wildman–Crippen MR) is 90.2 cm³/mol. The molecule has 8 heteroatoms. The van der Waals surface area contributed by atoms with Gasteiger partial charge in [0, 0.05) is 16.6 Å². The van der Waals surface area contributed by atoms with Crippen LogP contribution in [0.4, 0.5) is 5.69 Å². The van der Waals surface area contributed by atoms with Gasteiger partial charge < -0.3 is 4.98 Å². The molecule has 0 radical (unpaired) electrons. The highest BCUT2D eigenvalue weighted by molar-refractivity contribution is 7.94. The van der Waals surface area contributed by atoms with Gasteiger partial charge in [0.2, 0.25) is 0 Å². The molecule has 0 bridgehead atoms. The number of anilines is 1. The quantitative estimate of drug-likeness (QED) is 0.756. The summed E-state index contributed by atoms with van der Waals surface area (Å²) in [4.78, 5) is 13.9. The number of nitrogens with one attached hydrogen (secondary N) is 2. The highest BCUT2D eigenvalue weighted by Gasteiger charge is 2.16. The predicted octanol–water partition coefficient (Wildman–Crippen LogP) is 3.27. The number of benzene rings is 1. The Morgan fingerprint density at radius 3 is 2.64 bits per heavy atom. The number of hydrogen-bond acceptors (Lipinski definition) is 5. The van der Waals surface area contributed by atoms with Crippen molar-refractivity contribution in [2.75, 3.05) is 4.72 Å². The number of aromatic amines is 1. The van der Waals surface area contributed by atoms with Gasteiger partial charge in [0.1, 0.15) is 4.21 Å². The van der Waals surface area contributed by atoms with Crippen molar-refractivity contribution in [1.29, 1.82) is 0 Å². The summed E-state index contributed by atoms with van der Waals surface area (Å²) in [6, 6.07) is 8.49. The van der Waals surface area contributed by atoms with E-state index in [-0.39, 0.29) is 9.08 Å². The van der Waals surface area contributed by atoms with Crippen molar-refractivity contribution in [3.63, 3.8) is 0 Å². The highest BCUT2D eigenvalue weighted by Crippen LogP contribution is 2.27. The topological polar surface area (TPSA) is 79.0 Å². The van der Waals surface area contributed by atoms with E-state index in [4.69, 9.17) is 0 Å². The van der Waals surface area contributed by atoms with Crippen LogP contribution in [-0.2, 0) is 10.0 Å². The molecule has 0 unspecified atom stereocenters. The number of aromatic nitrogens is 1. The summed E-state index contributed by atoms with van der Waals surface area (Å²) in [5.74, 6) is 0. The molecule has 2 N–H and O–H groups in total. The van der Waals surface area contributed by atoms with Gasteiger partial charge in [-0.05, 0) is 36.1 Å². The van der Waals surface area contributed by atoms with Crippen molar-refractivity contribution in [3.8, 4) is 11.3 Å². The number of thiazole rings is 1. The fourth-order valence-electron chi connectivity index (χ4n) is 2.01. The molecule has 0 spiro atoms. The van der Waals surface area contributed by atoms with Crippen molar-refractivity contribution >= 4 is 38.4 Å². The first-order valence-corrected chi connectivity index (χ1v) is 9.55. The largest absolute Gasteiger partial charge is 0.312 e. The van der Waals surface area contributed by atoms with E-state index in [0.29, 0.717) is 11.4 Å². The smallest absolute Gasteiger partial charge is 0.304 e. The Balaban J connectivity index is 1.98. The molecule has 0 fully saturated rings. The maximum atomic E-state index is 12.2. The first kappa shape index (κ1) is 15.0. The Bertz CT molecular complexity index is 953. The molecule has 0 aliphatic carbocycles. The van der Waals surface area contributed by atoms with Crippen LogP contribution in [0.5, 0.6) is 0 Å². The Hall–Kier alpha value is -1.90. The number of sulfonamides is 1. The summed E-state index contributed by atoms with van der Waals surface area (Å²) in [6.07, 6.45) is 0. The van der Waals surface area contributed by atoms with Crippen molar-refractivity contribution in [3.05, 3.63) is 56.3 Å². The zero-order valence-corrected chi connectivity index (χ0v) is 13.9. The minimum absolute atomic E-state index is 0.140. The second-order valence-corrected chi connectivity index (χ2v) is 8.33. The van der Waals surface area contributed by atoms with Crippen LogP contribution in [0, 0.1) is 6.92 Å². The van der Waals surface area contributed by atoms with Gasteiger partial charge in [-0.3, -0.25) is 9.52 Å². The standard InChI is InChI=1S/C14H12N2O3S3/c1-9-4-5-10(7-11(9)12-8-21-14(17)15-12)16-22(18,19)13-3-2-6-20-13/h2-8,16H,1H3,(H,15,17). The molecular weight excluding hydrogens is 340 g/mol. The molecule has 2 aromatic heterocycles. The molecule has 0 aliphatic heterocycles. The van der Waals surface area contributed by atoms with Gasteiger partial charge >= 0.3 is 4.87 Å². The average Bonchev–Trinajstić information content (AvgIpc) is 3.12. The van der Waals surface area contributed by atoms with Crippen LogP contribution in [0.15, 0.2) is 50.1 Å². The zero-order valence-electron chi connectivity index (χ0n) is 11.5. The number of hydrogen-bond donors (Lipinski definition) is 2. The first-order valence-electron chi connectivity index (χ1n) is 6.31. The zero-order chi connectivity index (χ0) is 15.7. The number of rotatable bonds is 4. The van der Waals surface area contributed by atoms with E-state index in [2.05, 4.69) is 9.71 Å². The molecular formula is C14H12N2O3S3. The lowest BCUT2D eigenvalue weighted by Crippen LogP contribution is -2.11. The van der Waals surface area contributed by atoms with E-state index in [1.54, 1.807) is 35.0 Å². The lowest BCUT2D eigenvalue weighted by molar-refractivity contribution is 0.603. The van der Waals surface area contributed by atoms with Crippen molar-refractivity contribution < 1.29 is 8.42 Å². The molecule has 0 saturated carbocycles. The average molecular weight is 352 g/mol. The SMILES string of the molecule is Cc1ccc(NS(=O)(=O)c2cccs2)cc1-c1csc(=O)[nH]1. The molecule has 0 atom stereocenters. The monoisotopic (exact) mass is 352 g/mol. The van der Waals surface area contributed by atoms with E-state index in [1.807, 2.05) is 13.0 Å². The summed E-state index contributed by atoms with van der Waals surface area (Å²) < 4.78 is 27.3. The van der Waals surface area contributed by atoms with E-state index in [9.17, 15) is 13.2 Å². The van der Waals surface area contributed by atoms with Gasteiger partial charge in [-0.25, -0.2) is 8.42 Å². The molecule has 0 aliphatic rings. The lowest BCUT2D eigenvalue weighted by Gasteiger charge is -2.10. The highest BCUT2D eigenvalue weighted by atomic mass is 32.2. The summed E-state index contributed by atoms with van der Waals surface area (Å²) in [7, 11) is -3.58. The first-order chi connectivity index (χ1) is 10.5. The van der Waals surface area contributed by atoms with Crippen LogP contribution in [0.1, 0.15) is 5.56 Å². The summed E-state index contributed by atoms with van der Waals surface area (Å²) in [5, 5.41) is 3.44. The maximum Gasteiger partial charge on any atom is 0.304 e. The Kier molecular flexibility index (Phi) is 3.90. The Morgan fingerprint density at radius 2 is 2.00 bits per heavy atom. The van der Waals surface area contributed by atoms with Crippen LogP contribution in [-0.4, -0.2) is 13.4 Å². The Labute approximate surface area is 135 Å². The van der Waals surface area contributed by atoms with Crippen LogP contribution in [0.2, 0.25) is 0 Å². The molecule has 1 aromatic carbocycles. The number of thiophene rings is 1. The molecule has 114 valence electrons. The van der Waals surface area contributed by atoms with Crippen molar-refractivity contribution in [1.82, 2.24) is 4.98 Å². The molecule has 3 rings (SSSR count). The van der Waals surface area contributed by atoms with Gasteiger partial charge in [0.25, 0.3) is 10.0 Å². The molecule has 0 amide bonds. The van der Waals surface area contributed by atoms with Crippen molar-refractivity contribution in [2.45, 2.75) is 11.1 Å². The van der Waals surface area contributed by atoms with Crippen LogP contribution in [0.3, 0.4) is 0 Å². The van der Waals surface area contributed by atoms with Crippen LogP contribution in [0.25, 0.3) is 11.3 Å². The number of aryl methyl sites for hydroxylation is 1. The van der Waals surface area contributed by atoms with Gasteiger partial charge in [-0.2, -0.15) is 0 Å². The minimum atomic E-state index is -3.58. The van der Waals surface area contributed by atoms with E-state index in [0.717, 1.165) is 33.8 Å². The Morgan fingerprint density at radius 1 is 1.18 bits per heavy atom. The third-order valence-electron chi connectivity index (χ3n) is 3.06. The normalized spacial score (nSPS) is 11.5. The molecule has 2 heterocycles. The molecule has 0 saturated heterocycles. The van der Waals surface area contributed by atoms with Crippen molar-refractivity contribution in [2.24, 2.45) is 0 Å². The third kappa shape index (κ3) is 2.99. The summed E-state index contributed by atoms with van der Waals surface area (Å²) >= 11 is 2.24. The summed E-state index contributed by atoms with van der Waals surface area (Å²) in [6.45, 7) is 1.91. The van der Waals surface area contributed by atoms with Gasteiger partial charge in [-0.1, -0.05) is 23.5 Å². The second-order valence-electron chi connectivity index (χ2n) is 4.63. The second kappa shape index (κ2) is 5.71. The van der Waals surface area contributed by atoms with E-state index in [1.165, 1.54) is 0 Å². The van der Waals surface area contributed by atoms with Gasteiger partial charge in [-0.15, -0.1) is 11.3 Å². The van der Waals surface area contributed by atoms with Crippen LogP contribution >= 0.6 is 22.7 Å². The van der Waals surface area contributed by atoms with Gasteiger partial charge in [0.05, 0.1) is 5.69 Å². The van der Waals surface area contributed by atoms with E-state index < -0.39 is 10.0 Å². The van der Waals surface area contributed by atoms with Crippen LogP contribution < -0.4 is 9.60 Å². The maximum absolute atomic E-state index is 12.2. The fourth-order valence-corrected chi connectivity index (χ4v) is 4.63. The molecule has 3 aromatic rings. The summed E-state index contributed by atoms with van der Waals surface area (Å²) in [5.41, 5.74) is 2.89. The molecule has 5 nitrogen and oxygen atoms in total. The molecule has 22 heavy (non-hydrogen) atoms. The third-order valence-corrected chi connectivity index (χ3v) is 6.51. The van der Waals surface area contributed by atoms with Gasteiger partial charge in [0.15, 0.2) is 0 Å². The lowest BCUT2D eigenvalue weighted by atomic mass is 10.1.